The number of hydrogen-bond acceptors (Lipinski definition) is 5. The van der Waals surface area contributed by atoms with Crippen LogP contribution < -0.4 is 10.1 Å². The van der Waals surface area contributed by atoms with Crippen LogP contribution in [-0.2, 0) is 14.3 Å². The summed E-state index contributed by atoms with van der Waals surface area (Å²) in [5.41, 5.74) is 0.920. The van der Waals surface area contributed by atoms with E-state index in [9.17, 15) is 14.4 Å². The maximum absolute atomic E-state index is 12.2. The van der Waals surface area contributed by atoms with Gasteiger partial charge in [0, 0.05) is 16.3 Å². The predicted molar refractivity (Wildman–Crippen MR) is 102 cm³/mol. The molecule has 2 atom stereocenters. The molecule has 0 unspecified atom stereocenters. The lowest BCUT2D eigenvalue weighted by molar-refractivity contribution is -0.159. The molecule has 0 aliphatic carbocycles. The molecule has 0 radical (unpaired) electrons. The molecule has 0 aromatic heterocycles. The average molecular weight is 390 g/mol. The van der Waals surface area contributed by atoms with Crippen LogP contribution >= 0.6 is 11.6 Å². The van der Waals surface area contributed by atoms with E-state index in [0.29, 0.717) is 22.0 Å². The molecule has 0 saturated heterocycles. The van der Waals surface area contributed by atoms with Crippen LogP contribution in [0.4, 0.5) is 5.69 Å². The molecular formula is C20H20ClNO5. The van der Waals surface area contributed by atoms with Gasteiger partial charge in [0.15, 0.2) is 18.0 Å². The van der Waals surface area contributed by atoms with Crippen molar-refractivity contribution in [3.63, 3.8) is 0 Å². The van der Waals surface area contributed by atoms with Crippen molar-refractivity contribution in [2.24, 2.45) is 0 Å². The number of carbonyl (C=O) groups excluding carboxylic acids is 3. The highest BCUT2D eigenvalue weighted by Gasteiger charge is 2.23. The Morgan fingerprint density at radius 3 is 2.30 bits per heavy atom. The Bertz CT molecular complexity index is 835. The summed E-state index contributed by atoms with van der Waals surface area (Å²) in [6.45, 7) is 4.42. The average Bonchev–Trinajstić information content (AvgIpc) is 2.63. The first-order chi connectivity index (χ1) is 12.8. The fraction of sp³-hybridized carbons (Fsp3) is 0.250. The van der Waals surface area contributed by atoms with E-state index < -0.39 is 24.1 Å². The standard InChI is InChI=1S/C20H20ClNO5/c1-12(23)15-5-4-6-17(11-15)22-19(24)13(2)27-20(25)14(3)26-18-9-7-16(21)8-10-18/h4-11,13-14H,1-3H3,(H,22,24)/t13-,14-/m0/s1. The van der Waals surface area contributed by atoms with E-state index in [0.717, 1.165) is 0 Å². The molecule has 27 heavy (non-hydrogen) atoms. The zero-order valence-electron chi connectivity index (χ0n) is 15.2. The van der Waals surface area contributed by atoms with Gasteiger partial charge in [0.05, 0.1) is 0 Å². The van der Waals surface area contributed by atoms with Crippen LogP contribution in [0, 0.1) is 0 Å². The highest BCUT2D eigenvalue weighted by atomic mass is 35.5. The number of rotatable bonds is 7. The van der Waals surface area contributed by atoms with Gasteiger partial charge in [-0.1, -0.05) is 23.7 Å². The topological polar surface area (TPSA) is 81.7 Å². The SMILES string of the molecule is CC(=O)c1cccc(NC(=O)[C@H](C)OC(=O)[C@H](C)Oc2ccc(Cl)cc2)c1. The van der Waals surface area contributed by atoms with Crippen LogP contribution in [0.1, 0.15) is 31.1 Å². The number of ketones is 1. The first-order valence-electron chi connectivity index (χ1n) is 8.31. The molecule has 0 saturated carbocycles. The van der Waals surface area contributed by atoms with Gasteiger partial charge in [-0.25, -0.2) is 4.79 Å². The molecular weight excluding hydrogens is 370 g/mol. The molecule has 0 aliphatic heterocycles. The first kappa shape index (κ1) is 20.5. The molecule has 0 aliphatic rings. The number of hydrogen-bond donors (Lipinski definition) is 1. The first-order valence-corrected chi connectivity index (χ1v) is 8.68. The van der Waals surface area contributed by atoms with E-state index in [1.807, 2.05) is 0 Å². The summed E-state index contributed by atoms with van der Waals surface area (Å²) in [4.78, 5) is 35.7. The van der Waals surface area contributed by atoms with E-state index in [1.54, 1.807) is 48.5 Å². The molecule has 1 N–H and O–H groups in total. The van der Waals surface area contributed by atoms with E-state index in [4.69, 9.17) is 21.1 Å². The Kier molecular flexibility index (Phi) is 6.96. The van der Waals surface area contributed by atoms with Crippen LogP contribution in [0.25, 0.3) is 0 Å². The highest BCUT2D eigenvalue weighted by Crippen LogP contribution is 2.17. The summed E-state index contributed by atoms with van der Waals surface area (Å²) in [6, 6.07) is 13.0. The Balaban J connectivity index is 1.90. The summed E-state index contributed by atoms with van der Waals surface area (Å²) < 4.78 is 10.6. The maximum atomic E-state index is 12.2. The predicted octanol–water partition coefficient (Wildman–Crippen LogP) is 3.88. The van der Waals surface area contributed by atoms with Gasteiger partial charge >= 0.3 is 5.97 Å². The van der Waals surface area contributed by atoms with Crippen molar-refractivity contribution in [2.75, 3.05) is 5.32 Å². The number of esters is 1. The second-order valence-corrected chi connectivity index (χ2v) is 6.36. The molecule has 0 fully saturated rings. The van der Waals surface area contributed by atoms with Crippen LogP contribution in [0.2, 0.25) is 5.02 Å². The minimum Gasteiger partial charge on any atom is -0.479 e. The Hall–Kier alpha value is -2.86. The maximum Gasteiger partial charge on any atom is 0.347 e. The van der Waals surface area contributed by atoms with Crippen molar-refractivity contribution >= 4 is 34.9 Å². The van der Waals surface area contributed by atoms with Crippen molar-refractivity contribution in [3.05, 3.63) is 59.1 Å². The van der Waals surface area contributed by atoms with Crippen LogP contribution in [-0.4, -0.2) is 29.9 Å². The lowest BCUT2D eigenvalue weighted by Crippen LogP contribution is -2.35. The van der Waals surface area contributed by atoms with Gasteiger partial charge < -0.3 is 14.8 Å². The Labute approximate surface area is 162 Å². The molecule has 2 aromatic carbocycles. The molecule has 2 aromatic rings. The van der Waals surface area contributed by atoms with Crippen molar-refractivity contribution < 1.29 is 23.9 Å². The number of Topliss-reactive ketones (excluding diaryl/α,β-unsaturated/α-hetero) is 1. The van der Waals surface area contributed by atoms with Gasteiger partial charge in [0.25, 0.3) is 5.91 Å². The summed E-state index contributed by atoms with van der Waals surface area (Å²) in [6.07, 6.45) is -1.93. The van der Waals surface area contributed by atoms with Crippen molar-refractivity contribution in [3.8, 4) is 5.75 Å². The van der Waals surface area contributed by atoms with Crippen molar-refractivity contribution in [1.82, 2.24) is 0 Å². The van der Waals surface area contributed by atoms with E-state index >= 15 is 0 Å². The zero-order chi connectivity index (χ0) is 20.0. The van der Waals surface area contributed by atoms with Gasteiger partial charge in [0.2, 0.25) is 0 Å². The largest absolute Gasteiger partial charge is 0.479 e. The lowest BCUT2D eigenvalue weighted by Gasteiger charge is -2.18. The minimum absolute atomic E-state index is 0.112. The zero-order valence-corrected chi connectivity index (χ0v) is 15.9. The monoisotopic (exact) mass is 389 g/mol. The molecule has 1 amide bonds. The van der Waals surface area contributed by atoms with Crippen molar-refractivity contribution in [1.29, 1.82) is 0 Å². The molecule has 0 bridgehead atoms. The third kappa shape index (κ3) is 6.11. The molecule has 2 rings (SSSR count). The van der Waals surface area contributed by atoms with Gasteiger partial charge in [-0.3, -0.25) is 9.59 Å². The van der Waals surface area contributed by atoms with Gasteiger partial charge in [-0.15, -0.1) is 0 Å². The summed E-state index contributed by atoms with van der Waals surface area (Å²) in [5.74, 6) is -0.839. The molecule has 0 spiro atoms. The van der Waals surface area contributed by atoms with E-state index in [-0.39, 0.29) is 5.78 Å². The molecule has 0 heterocycles. The number of halogens is 1. The second-order valence-electron chi connectivity index (χ2n) is 5.92. The lowest BCUT2D eigenvalue weighted by atomic mass is 10.1. The van der Waals surface area contributed by atoms with Crippen molar-refractivity contribution in [2.45, 2.75) is 33.0 Å². The van der Waals surface area contributed by atoms with E-state index in [2.05, 4.69) is 5.32 Å². The number of benzene rings is 2. The number of anilines is 1. The molecule has 142 valence electrons. The van der Waals surface area contributed by atoms with Crippen LogP contribution in [0.5, 0.6) is 5.75 Å². The number of nitrogens with one attached hydrogen (secondary N) is 1. The number of ether oxygens (including phenoxy) is 2. The summed E-state index contributed by atoms with van der Waals surface area (Å²) >= 11 is 5.80. The second kappa shape index (κ2) is 9.19. The Morgan fingerprint density at radius 2 is 1.67 bits per heavy atom. The summed E-state index contributed by atoms with van der Waals surface area (Å²) in [5, 5.41) is 3.17. The normalized spacial score (nSPS) is 12.6. The Morgan fingerprint density at radius 1 is 1.00 bits per heavy atom. The van der Waals surface area contributed by atoms with E-state index in [1.165, 1.54) is 20.8 Å². The van der Waals surface area contributed by atoms with Crippen LogP contribution in [0.3, 0.4) is 0 Å². The smallest absolute Gasteiger partial charge is 0.347 e. The molecule has 6 nitrogen and oxygen atoms in total. The minimum atomic E-state index is -1.03. The highest BCUT2D eigenvalue weighted by molar-refractivity contribution is 6.30. The van der Waals surface area contributed by atoms with Gasteiger partial charge in [-0.05, 0) is 57.2 Å². The quantitative estimate of drug-likeness (QED) is 0.574. The fourth-order valence-corrected chi connectivity index (χ4v) is 2.27. The summed E-state index contributed by atoms with van der Waals surface area (Å²) in [7, 11) is 0. The van der Waals surface area contributed by atoms with Crippen LogP contribution in [0.15, 0.2) is 48.5 Å². The third-order valence-electron chi connectivity index (χ3n) is 3.66. The van der Waals surface area contributed by atoms with Gasteiger partial charge in [-0.2, -0.15) is 0 Å². The third-order valence-corrected chi connectivity index (χ3v) is 3.91. The number of carbonyl (C=O) groups is 3. The molecule has 7 heteroatoms. The fourth-order valence-electron chi connectivity index (χ4n) is 2.15. The van der Waals surface area contributed by atoms with Gasteiger partial charge in [0.1, 0.15) is 5.75 Å². The number of amides is 1.